The predicted molar refractivity (Wildman–Crippen MR) is 61.8 cm³/mol. The van der Waals surface area contributed by atoms with Crippen LogP contribution in [0.2, 0.25) is 0 Å². The molecule has 1 atom stereocenters. The Morgan fingerprint density at radius 2 is 2.23 bits per heavy atom. The average molecular weight is 243 g/mol. The zero-order chi connectivity index (χ0) is 8.81. The van der Waals surface area contributed by atoms with Gasteiger partial charge in [0.1, 0.15) is 0 Å². The maximum absolute atomic E-state index is 10.2. The van der Waals surface area contributed by atoms with Crippen molar-refractivity contribution in [1.29, 1.82) is 0 Å². The second-order valence-corrected chi connectivity index (χ2v) is 5.76. The summed E-state index contributed by atoms with van der Waals surface area (Å²) in [5.41, 5.74) is 0. The second kappa shape index (κ2) is 7.83. The van der Waals surface area contributed by atoms with E-state index in [4.69, 9.17) is 5.11 Å². The average Bonchev–Trinajstić information content (AvgIpc) is 2.49. The van der Waals surface area contributed by atoms with E-state index < -0.39 is 5.97 Å². The molecule has 0 bridgehead atoms. The highest BCUT2D eigenvalue weighted by molar-refractivity contribution is 8.77. The maximum atomic E-state index is 10.2. The molecule has 2 nitrogen and oxygen atoms in total. The minimum atomic E-state index is -0.663. The lowest BCUT2D eigenvalue weighted by molar-refractivity contribution is -0.137. The number of carboxylic acid groups (broad SMARTS) is 1. The van der Waals surface area contributed by atoms with Crippen LogP contribution >= 0.6 is 34.0 Å². The van der Waals surface area contributed by atoms with Crippen LogP contribution in [0.4, 0.5) is 0 Å². The third-order valence-corrected chi connectivity index (χ3v) is 4.90. The lowest BCUT2D eigenvalue weighted by Crippen LogP contribution is -1.99. The Bertz CT molecular complexity index is 149. The summed E-state index contributed by atoms with van der Waals surface area (Å²) in [6.07, 6.45) is 4.76. The van der Waals surface area contributed by atoms with Crippen molar-refractivity contribution in [3.05, 3.63) is 0 Å². The van der Waals surface area contributed by atoms with E-state index in [0.29, 0.717) is 6.42 Å². The second-order valence-electron chi connectivity index (χ2n) is 2.97. The maximum Gasteiger partial charge on any atom is 0.303 e. The van der Waals surface area contributed by atoms with E-state index >= 15 is 0 Å². The first kappa shape index (κ1) is 13.5. The Morgan fingerprint density at radius 3 is 2.77 bits per heavy atom. The van der Waals surface area contributed by atoms with Crippen LogP contribution in [0.1, 0.15) is 32.1 Å². The Labute approximate surface area is 93.0 Å². The number of unbranched alkanes of at least 4 members (excludes halogenated alkanes) is 1. The summed E-state index contributed by atoms with van der Waals surface area (Å²) in [7, 11) is 3.92. The van der Waals surface area contributed by atoms with Gasteiger partial charge in [-0.2, -0.15) is 0 Å². The standard InChI is InChI=1S/C8H14O2S2.ClH/c9-8(10)4-2-1-3-7-5-6-11-12-7;/h7H,1-6H2,(H,9,10);1H/t7-;/m1./s1. The van der Waals surface area contributed by atoms with Gasteiger partial charge in [-0.1, -0.05) is 28.0 Å². The molecule has 78 valence electrons. The highest BCUT2D eigenvalue weighted by Gasteiger charge is 2.15. The summed E-state index contributed by atoms with van der Waals surface area (Å²) < 4.78 is 0. The summed E-state index contributed by atoms with van der Waals surface area (Å²) >= 11 is 0. The van der Waals surface area contributed by atoms with Gasteiger partial charge < -0.3 is 5.11 Å². The quantitative estimate of drug-likeness (QED) is 0.594. The molecule has 1 rings (SSSR count). The van der Waals surface area contributed by atoms with Crippen molar-refractivity contribution in [3.63, 3.8) is 0 Å². The van der Waals surface area contributed by atoms with Gasteiger partial charge in [-0.05, 0) is 19.3 Å². The third kappa shape index (κ3) is 6.52. The zero-order valence-corrected chi connectivity index (χ0v) is 9.85. The molecule has 0 aromatic rings. The minimum Gasteiger partial charge on any atom is -0.481 e. The molecular weight excluding hydrogens is 228 g/mol. The normalized spacial score (nSPS) is 21.1. The monoisotopic (exact) mass is 242 g/mol. The lowest BCUT2D eigenvalue weighted by atomic mass is 10.1. The first-order valence-electron chi connectivity index (χ1n) is 4.29. The van der Waals surface area contributed by atoms with Gasteiger partial charge in [0.25, 0.3) is 0 Å². The van der Waals surface area contributed by atoms with Crippen LogP contribution in [0.3, 0.4) is 0 Å². The predicted octanol–water partition coefficient (Wildman–Crippen LogP) is 3.21. The van der Waals surface area contributed by atoms with Crippen LogP contribution in [0.5, 0.6) is 0 Å². The van der Waals surface area contributed by atoms with Crippen LogP contribution in [0.25, 0.3) is 0 Å². The summed E-state index contributed by atoms with van der Waals surface area (Å²) in [6, 6.07) is 0. The molecule has 0 saturated carbocycles. The smallest absolute Gasteiger partial charge is 0.303 e. The molecule has 0 spiro atoms. The highest BCUT2D eigenvalue weighted by atomic mass is 35.5. The van der Waals surface area contributed by atoms with Crippen molar-refractivity contribution in [3.8, 4) is 0 Å². The fraction of sp³-hybridized carbons (Fsp3) is 0.875. The molecule has 0 aromatic heterocycles. The van der Waals surface area contributed by atoms with E-state index in [-0.39, 0.29) is 12.4 Å². The van der Waals surface area contributed by atoms with Gasteiger partial charge in [-0.3, -0.25) is 4.79 Å². The molecule has 13 heavy (non-hydrogen) atoms. The molecule has 1 aliphatic heterocycles. The van der Waals surface area contributed by atoms with E-state index in [1.165, 1.54) is 18.6 Å². The number of aliphatic carboxylic acids is 1. The van der Waals surface area contributed by atoms with Gasteiger partial charge in [0.15, 0.2) is 0 Å². The van der Waals surface area contributed by atoms with Crippen molar-refractivity contribution in [2.24, 2.45) is 0 Å². The molecule has 1 saturated heterocycles. The van der Waals surface area contributed by atoms with Gasteiger partial charge in [0.05, 0.1) is 0 Å². The first-order chi connectivity index (χ1) is 5.79. The van der Waals surface area contributed by atoms with Gasteiger partial charge in [0, 0.05) is 17.4 Å². The number of rotatable bonds is 5. The molecule has 0 aliphatic carbocycles. The first-order valence-corrected chi connectivity index (χ1v) is 6.67. The van der Waals surface area contributed by atoms with E-state index in [0.717, 1.165) is 18.1 Å². The number of hydrogen-bond donors (Lipinski definition) is 1. The molecule has 5 heteroatoms. The fourth-order valence-electron chi connectivity index (χ4n) is 1.21. The third-order valence-electron chi connectivity index (χ3n) is 1.89. The number of hydrogen-bond acceptors (Lipinski definition) is 3. The topological polar surface area (TPSA) is 37.3 Å². The fourth-order valence-corrected chi connectivity index (χ4v) is 4.24. The van der Waals surface area contributed by atoms with Gasteiger partial charge in [0.2, 0.25) is 0 Å². The number of carbonyl (C=O) groups is 1. The molecule has 1 heterocycles. The van der Waals surface area contributed by atoms with Gasteiger partial charge in [-0.15, -0.1) is 12.4 Å². The Hall–Kier alpha value is 0.460. The largest absolute Gasteiger partial charge is 0.481 e. The van der Waals surface area contributed by atoms with Crippen molar-refractivity contribution in [2.75, 3.05) is 5.75 Å². The summed E-state index contributed by atoms with van der Waals surface area (Å²) in [6.45, 7) is 0. The minimum absolute atomic E-state index is 0. The summed E-state index contributed by atoms with van der Waals surface area (Å²) in [5.74, 6) is 0.609. The van der Waals surface area contributed by atoms with Crippen molar-refractivity contribution < 1.29 is 9.90 Å². The molecular formula is C8H15ClO2S2. The van der Waals surface area contributed by atoms with Crippen LogP contribution < -0.4 is 0 Å². The molecule has 0 radical (unpaired) electrons. The lowest BCUT2D eigenvalue weighted by Gasteiger charge is -2.04. The molecule has 1 fully saturated rings. The summed E-state index contributed by atoms with van der Waals surface area (Å²) in [5, 5.41) is 9.19. The van der Waals surface area contributed by atoms with Crippen LogP contribution in [0, 0.1) is 0 Å². The van der Waals surface area contributed by atoms with Crippen molar-refractivity contribution in [2.45, 2.75) is 37.4 Å². The Balaban J connectivity index is 0.00000144. The van der Waals surface area contributed by atoms with Crippen molar-refractivity contribution in [1.82, 2.24) is 0 Å². The van der Waals surface area contributed by atoms with Crippen molar-refractivity contribution >= 4 is 40.0 Å². The number of halogens is 1. The van der Waals surface area contributed by atoms with Gasteiger partial charge >= 0.3 is 5.97 Å². The van der Waals surface area contributed by atoms with Crippen LogP contribution in [-0.2, 0) is 4.79 Å². The Kier molecular flexibility index (Phi) is 8.10. The SMILES string of the molecule is Cl.O=C(O)CCCC[C@@H]1CCSS1. The highest BCUT2D eigenvalue weighted by Crippen LogP contribution is 2.39. The molecule has 1 N–H and O–H groups in total. The Morgan fingerprint density at radius 1 is 1.46 bits per heavy atom. The van der Waals surface area contributed by atoms with E-state index in [1.54, 1.807) is 0 Å². The molecule has 1 aliphatic rings. The van der Waals surface area contributed by atoms with E-state index in [2.05, 4.69) is 0 Å². The number of carboxylic acids is 1. The van der Waals surface area contributed by atoms with Gasteiger partial charge in [-0.25, -0.2) is 0 Å². The van der Waals surface area contributed by atoms with Crippen LogP contribution in [0.15, 0.2) is 0 Å². The zero-order valence-electron chi connectivity index (χ0n) is 7.40. The molecule has 0 amide bonds. The van der Waals surface area contributed by atoms with Crippen LogP contribution in [-0.4, -0.2) is 22.1 Å². The molecule has 0 aromatic carbocycles. The van der Waals surface area contributed by atoms with E-state index in [9.17, 15) is 4.79 Å². The summed E-state index contributed by atoms with van der Waals surface area (Å²) in [4.78, 5) is 10.2. The van der Waals surface area contributed by atoms with E-state index in [1.807, 2.05) is 21.6 Å². The molecule has 0 unspecified atom stereocenters.